The van der Waals surface area contributed by atoms with Gasteiger partial charge in [0.2, 0.25) is 15.9 Å². The zero-order chi connectivity index (χ0) is 20.7. The van der Waals surface area contributed by atoms with Gasteiger partial charge in [-0.15, -0.1) is 0 Å². The van der Waals surface area contributed by atoms with Gasteiger partial charge in [0, 0.05) is 6.54 Å². The van der Waals surface area contributed by atoms with Crippen LogP contribution in [-0.4, -0.2) is 33.2 Å². The molecule has 0 fully saturated rings. The van der Waals surface area contributed by atoms with E-state index in [1.54, 1.807) is 6.07 Å². The molecule has 0 radical (unpaired) electrons. The molecule has 1 N–H and O–H groups in total. The summed E-state index contributed by atoms with van der Waals surface area (Å²) in [5.41, 5.74) is 3.81. The van der Waals surface area contributed by atoms with E-state index in [1.165, 1.54) is 9.87 Å². The van der Waals surface area contributed by atoms with Crippen molar-refractivity contribution in [1.82, 2.24) is 5.32 Å². The molecule has 0 aliphatic rings. The molecule has 0 heterocycles. The number of amides is 1. The first-order chi connectivity index (χ1) is 13.2. The van der Waals surface area contributed by atoms with Gasteiger partial charge < -0.3 is 5.32 Å². The van der Waals surface area contributed by atoms with Crippen molar-refractivity contribution in [1.29, 1.82) is 0 Å². The van der Waals surface area contributed by atoms with E-state index >= 15 is 0 Å². The van der Waals surface area contributed by atoms with Gasteiger partial charge in [0.25, 0.3) is 0 Å². The quantitative estimate of drug-likeness (QED) is 0.652. The number of hydrogen-bond donors (Lipinski definition) is 1. The molecule has 0 spiro atoms. The van der Waals surface area contributed by atoms with Gasteiger partial charge >= 0.3 is 0 Å². The Kier molecular flexibility index (Phi) is 7.63. The molecule has 0 unspecified atom stereocenters. The zero-order valence-electron chi connectivity index (χ0n) is 17.1. The lowest BCUT2D eigenvalue weighted by Gasteiger charge is -2.30. The molecule has 28 heavy (non-hydrogen) atoms. The zero-order valence-corrected chi connectivity index (χ0v) is 17.9. The van der Waals surface area contributed by atoms with Gasteiger partial charge in [-0.2, -0.15) is 0 Å². The summed E-state index contributed by atoms with van der Waals surface area (Å²) in [7, 11) is -3.60. The van der Waals surface area contributed by atoms with Crippen LogP contribution in [-0.2, 0) is 21.2 Å². The monoisotopic (exact) mass is 402 g/mol. The SMILES string of the molecule is CC[C@H](C(=O)NCCCc1ccccc1)N(c1ccc(C)c(C)c1)S(C)(=O)=O. The van der Waals surface area contributed by atoms with Gasteiger partial charge in [0.1, 0.15) is 6.04 Å². The number of hydrogen-bond acceptors (Lipinski definition) is 3. The van der Waals surface area contributed by atoms with Crippen molar-refractivity contribution < 1.29 is 13.2 Å². The molecule has 0 aromatic heterocycles. The van der Waals surface area contributed by atoms with Gasteiger partial charge in [-0.3, -0.25) is 9.10 Å². The Labute approximate surface area is 168 Å². The molecule has 152 valence electrons. The van der Waals surface area contributed by atoms with Crippen LogP contribution in [0.1, 0.15) is 36.5 Å². The van der Waals surface area contributed by atoms with Crippen LogP contribution in [0.2, 0.25) is 0 Å². The van der Waals surface area contributed by atoms with Crippen molar-refractivity contribution >= 4 is 21.6 Å². The predicted molar refractivity (Wildman–Crippen MR) is 115 cm³/mol. The van der Waals surface area contributed by atoms with Crippen LogP contribution in [0.4, 0.5) is 5.69 Å². The minimum absolute atomic E-state index is 0.265. The summed E-state index contributed by atoms with van der Waals surface area (Å²) in [6.07, 6.45) is 3.21. The second-order valence-electron chi connectivity index (χ2n) is 7.13. The first kappa shape index (κ1) is 22.0. The summed E-state index contributed by atoms with van der Waals surface area (Å²) < 4.78 is 26.2. The van der Waals surface area contributed by atoms with Crippen LogP contribution in [0.5, 0.6) is 0 Å². The van der Waals surface area contributed by atoms with Crippen molar-refractivity contribution in [2.24, 2.45) is 0 Å². The highest BCUT2D eigenvalue weighted by Crippen LogP contribution is 2.25. The number of rotatable bonds is 9. The lowest BCUT2D eigenvalue weighted by atomic mass is 10.1. The summed E-state index contributed by atoms with van der Waals surface area (Å²) in [6, 6.07) is 14.8. The number of carbonyl (C=O) groups is 1. The van der Waals surface area contributed by atoms with Crippen molar-refractivity contribution in [2.75, 3.05) is 17.1 Å². The summed E-state index contributed by atoms with van der Waals surface area (Å²) in [4.78, 5) is 12.8. The minimum atomic E-state index is -3.60. The third-order valence-corrected chi connectivity index (χ3v) is 6.04. The Morgan fingerprint density at radius 1 is 1.07 bits per heavy atom. The molecule has 0 saturated carbocycles. The molecular weight excluding hydrogens is 372 g/mol. The maximum Gasteiger partial charge on any atom is 0.243 e. The van der Waals surface area contributed by atoms with Gasteiger partial charge in [0.15, 0.2) is 0 Å². The van der Waals surface area contributed by atoms with E-state index in [0.717, 1.165) is 30.2 Å². The van der Waals surface area contributed by atoms with Gasteiger partial charge in [-0.25, -0.2) is 8.42 Å². The third kappa shape index (κ3) is 5.83. The molecule has 0 bridgehead atoms. The Hall–Kier alpha value is -2.34. The highest BCUT2D eigenvalue weighted by Gasteiger charge is 2.31. The van der Waals surface area contributed by atoms with E-state index in [-0.39, 0.29) is 5.91 Å². The number of carbonyl (C=O) groups excluding carboxylic acids is 1. The molecular formula is C22H30N2O3S. The minimum Gasteiger partial charge on any atom is -0.354 e. The lowest BCUT2D eigenvalue weighted by molar-refractivity contribution is -0.122. The number of nitrogens with one attached hydrogen (secondary N) is 1. The second-order valence-corrected chi connectivity index (χ2v) is 8.99. The Morgan fingerprint density at radius 3 is 2.32 bits per heavy atom. The number of sulfonamides is 1. The maximum absolute atomic E-state index is 12.8. The molecule has 5 nitrogen and oxygen atoms in total. The lowest BCUT2D eigenvalue weighted by Crippen LogP contribution is -2.49. The number of aryl methyl sites for hydroxylation is 3. The number of benzene rings is 2. The summed E-state index contributed by atoms with van der Waals surface area (Å²) >= 11 is 0. The predicted octanol–water partition coefficient (Wildman–Crippen LogP) is 3.60. The van der Waals surface area contributed by atoms with E-state index in [4.69, 9.17) is 0 Å². The van der Waals surface area contributed by atoms with Gasteiger partial charge in [-0.1, -0.05) is 43.3 Å². The number of anilines is 1. The molecule has 2 aromatic rings. The van der Waals surface area contributed by atoms with Crippen molar-refractivity contribution in [3.05, 3.63) is 65.2 Å². The Morgan fingerprint density at radius 2 is 1.75 bits per heavy atom. The van der Waals surface area contributed by atoms with E-state index in [9.17, 15) is 13.2 Å². The maximum atomic E-state index is 12.8. The molecule has 1 amide bonds. The first-order valence-corrected chi connectivity index (χ1v) is 11.5. The van der Waals surface area contributed by atoms with E-state index < -0.39 is 16.1 Å². The van der Waals surface area contributed by atoms with Crippen molar-refractivity contribution in [2.45, 2.75) is 46.1 Å². The number of nitrogens with zero attached hydrogens (tertiary/aromatic N) is 1. The fraction of sp³-hybridized carbons (Fsp3) is 0.409. The standard InChI is InChI=1S/C22H30N2O3S/c1-5-21(22(25)23-15-9-12-19-10-7-6-8-11-19)24(28(4,26)27)20-14-13-17(2)18(3)16-20/h6-8,10-11,13-14,16,21H,5,9,12,15H2,1-4H3,(H,23,25)/t21-/m1/s1. The fourth-order valence-corrected chi connectivity index (χ4v) is 4.39. The molecule has 2 rings (SSSR count). The molecule has 2 aromatic carbocycles. The largest absolute Gasteiger partial charge is 0.354 e. The molecule has 1 atom stereocenters. The second kappa shape index (κ2) is 9.73. The van der Waals surface area contributed by atoms with Crippen LogP contribution >= 0.6 is 0 Å². The van der Waals surface area contributed by atoms with Crippen molar-refractivity contribution in [3.8, 4) is 0 Å². The van der Waals surface area contributed by atoms with Crippen LogP contribution in [0, 0.1) is 13.8 Å². The van der Waals surface area contributed by atoms with Crippen LogP contribution in [0.3, 0.4) is 0 Å². The van der Waals surface area contributed by atoms with E-state index in [2.05, 4.69) is 17.4 Å². The first-order valence-electron chi connectivity index (χ1n) is 9.62. The highest BCUT2D eigenvalue weighted by atomic mass is 32.2. The van der Waals surface area contributed by atoms with Crippen LogP contribution in [0.15, 0.2) is 48.5 Å². The smallest absolute Gasteiger partial charge is 0.243 e. The highest BCUT2D eigenvalue weighted by molar-refractivity contribution is 7.92. The third-order valence-electron chi connectivity index (χ3n) is 4.86. The average Bonchev–Trinajstić information content (AvgIpc) is 2.65. The van der Waals surface area contributed by atoms with Gasteiger partial charge in [-0.05, 0) is 61.9 Å². The Bertz CT molecular complexity index is 895. The van der Waals surface area contributed by atoms with Crippen LogP contribution < -0.4 is 9.62 Å². The summed E-state index contributed by atoms with van der Waals surface area (Å²) in [5, 5.41) is 2.91. The summed E-state index contributed by atoms with van der Waals surface area (Å²) in [6.45, 7) is 6.24. The van der Waals surface area contributed by atoms with E-state index in [1.807, 2.05) is 51.1 Å². The normalized spacial score (nSPS) is 12.4. The molecule has 0 aliphatic carbocycles. The average molecular weight is 403 g/mol. The Balaban J connectivity index is 2.09. The van der Waals surface area contributed by atoms with Crippen molar-refractivity contribution in [3.63, 3.8) is 0 Å². The summed E-state index contributed by atoms with van der Waals surface area (Å²) in [5.74, 6) is -0.265. The van der Waals surface area contributed by atoms with Gasteiger partial charge in [0.05, 0.1) is 11.9 Å². The van der Waals surface area contributed by atoms with Crippen LogP contribution in [0.25, 0.3) is 0 Å². The molecule has 6 heteroatoms. The molecule has 0 aliphatic heterocycles. The molecule has 0 saturated heterocycles. The van der Waals surface area contributed by atoms with E-state index in [0.29, 0.717) is 18.7 Å². The fourth-order valence-electron chi connectivity index (χ4n) is 3.19. The topological polar surface area (TPSA) is 66.5 Å².